The number of nitrogens with zero attached hydrogens (tertiary/aromatic N) is 3. The van der Waals surface area contributed by atoms with E-state index in [1.807, 2.05) is 0 Å². The van der Waals surface area contributed by atoms with Crippen LogP contribution in [-0.2, 0) is 10.3 Å². The third-order valence-electron chi connectivity index (χ3n) is 0.604. The Bertz CT molecular complexity index is 274. The molecule has 0 aliphatic carbocycles. The van der Waals surface area contributed by atoms with Gasteiger partial charge in [-0.05, 0) is 4.20 Å². The maximum absolute atomic E-state index is 10.1. The van der Waals surface area contributed by atoms with Crippen molar-refractivity contribution in [3.8, 4) is 0 Å². The van der Waals surface area contributed by atoms with E-state index in [2.05, 4.69) is 10.2 Å². The summed E-state index contributed by atoms with van der Waals surface area (Å²) in [5.74, 6) is 0. The van der Waals surface area contributed by atoms with Crippen molar-refractivity contribution in [3.63, 3.8) is 0 Å². The van der Waals surface area contributed by atoms with E-state index in [0.29, 0.717) is 0 Å². The molecule has 1 aromatic rings. The Labute approximate surface area is 51.0 Å². The fourth-order valence-electron chi connectivity index (χ4n) is 0.323. The number of rotatable bonds is 1. The maximum atomic E-state index is 10.1. The zero-order chi connectivity index (χ0) is 6.91. The molecular weight excluding hydrogens is 146 g/mol. The van der Waals surface area contributed by atoms with Gasteiger partial charge in [-0.1, -0.05) is 0 Å². The minimum Gasteiger partial charge on any atom is -0.267 e. The van der Waals surface area contributed by atoms with E-state index in [9.17, 15) is 8.42 Å². The van der Waals surface area contributed by atoms with Crippen LogP contribution in [0.2, 0.25) is 0 Å². The summed E-state index contributed by atoms with van der Waals surface area (Å²) in [7, 11) is -4.27. The lowest BCUT2D eigenvalue weighted by molar-refractivity contribution is 0.456. The predicted octanol–water partition coefficient (Wildman–Crippen LogP) is -1.07. The summed E-state index contributed by atoms with van der Waals surface area (Å²) >= 11 is 0. The monoisotopic (exact) mass is 149 g/mol. The average molecular weight is 149 g/mol. The van der Waals surface area contributed by atoms with Crippen LogP contribution in [0.25, 0.3) is 0 Å². The lowest BCUT2D eigenvalue weighted by Gasteiger charge is -1.88. The molecule has 0 amide bonds. The number of hydrogen-bond acceptors (Lipinski definition) is 4. The lowest BCUT2D eigenvalue weighted by atomic mass is 11.0. The Morgan fingerprint density at radius 3 is 2.00 bits per heavy atom. The first-order valence-electron chi connectivity index (χ1n) is 1.95. The van der Waals surface area contributed by atoms with Gasteiger partial charge in [-0.3, -0.25) is 4.55 Å². The van der Waals surface area contributed by atoms with Crippen LogP contribution in [0, 0.1) is 0 Å². The molecule has 6 nitrogen and oxygen atoms in total. The quantitative estimate of drug-likeness (QED) is 0.514. The third kappa shape index (κ3) is 1.24. The van der Waals surface area contributed by atoms with Crippen LogP contribution in [0.3, 0.4) is 0 Å². The van der Waals surface area contributed by atoms with Crippen LogP contribution >= 0.6 is 0 Å². The van der Waals surface area contributed by atoms with E-state index in [-0.39, 0.29) is 4.20 Å². The average Bonchev–Trinajstić information content (AvgIpc) is 2.08. The molecule has 0 fully saturated rings. The van der Waals surface area contributed by atoms with E-state index in [1.165, 1.54) is 0 Å². The van der Waals surface area contributed by atoms with Crippen molar-refractivity contribution < 1.29 is 13.0 Å². The highest BCUT2D eigenvalue weighted by Crippen LogP contribution is 1.82. The Balaban J connectivity index is 3.20. The Hall–Kier alpha value is -0.950. The first-order valence-corrected chi connectivity index (χ1v) is 3.35. The molecule has 1 rings (SSSR count). The van der Waals surface area contributed by atoms with Crippen LogP contribution in [0.5, 0.6) is 0 Å². The minimum atomic E-state index is -4.27. The van der Waals surface area contributed by atoms with E-state index in [1.54, 1.807) is 0 Å². The number of aromatic nitrogens is 3. The van der Waals surface area contributed by atoms with Gasteiger partial charge in [0.25, 0.3) is 0 Å². The largest absolute Gasteiger partial charge is 0.395 e. The minimum absolute atomic E-state index is 0.215. The SMILES string of the molecule is O=S(=O)(O)n1nccn1. The van der Waals surface area contributed by atoms with Crippen LogP contribution in [0.15, 0.2) is 12.4 Å². The second kappa shape index (κ2) is 1.78. The van der Waals surface area contributed by atoms with E-state index >= 15 is 0 Å². The van der Waals surface area contributed by atoms with Crippen molar-refractivity contribution in [2.75, 3.05) is 0 Å². The van der Waals surface area contributed by atoms with Gasteiger partial charge in [0.2, 0.25) is 0 Å². The molecule has 0 spiro atoms. The van der Waals surface area contributed by atoms with Gasteiger partial charge >= 0.3 is 10.3 Å². The van der Waals surface area contributed by atoms with Crippen LogP contribution in [0.1, 0.15) is 0 Å². The van der Waals surface area contributed by atoms with Gasteiger partial charge in [-0.25, -0.2) is 0 Å². The summed E-state index contributed by atoms with van der Waals surface area (Å²) < 4.78 is 28.6. The summed E-state index contributed by atoms with van der Waals surface area (Å²) in [6.45, 7) is 0. The molecule has 0 radical (unpaired) electrons. The van der Waals surface area contributed by atoms with Crippen molar-refractivity contribution in [2.24, 2.45) is 0 Å². The Morgan fingerprint density at radius 1 is 1.33 bits per heavy atom. The Morgan fingerprint density at radius 2 is 1.78 bits per heavy atom. The topological polar surface area (TPSA) is 85.1 Å². The molecule has 1 aromatic heterocycles. The molecule has 1 N–H and O–H groups in total. The molecule has 0 aromatic carbocycles. The molecular formula is C2H3N3O3S. The van der Waals surface area contributed by atoms with Gasteiger partial charge < -0.3 is 0 Å². The van der Waals surface area contributed by atoms with Crippen LogP contribution < -0.4 is 0 Å². The predicted molar refractivity (Wildman–Crippen MR) is 27.0 cm³/mol. The van der Waals surface area contributed by atoms with Crippen molar-refractivity contribution >= 4 is 10.3 Å². The normalized spacial score (nSPS) is 11.7. The van der Waals surface area contributed by atoms with Gasteiger partial charge in [0.1, 0.15) is 0 Å². The summed E-state index contributed by atoms with van der Waals surface area (Å²) in [4.78, 5) is 0. The van der Waals surface area contributed by atoms with Crippen molar-refractivity contribution in [3.05, 3.63) is 12.4 Å². The second-order valence-corrected chi connectivity index (χ2v) is 2.45. The molecule has 1 heterocycles. The van der Waals surface area contributed by atoms with Crippen molar-refractivity contribution in [1.29, 1.82) is 0 Å². The highest BCUT2D eigenvalue weighted by atomic mass is 32.2. The summed E-state index contributed by atoms with van der Waals surface area (Å²) in [6, 6.07) is 0. The molecule has 50 valence electrons. The zero-order valence-electron chi connectivity index (χ0n) is 4.17. The molecule has 7 heteroatoms. The highest BCUT2D eigenvalue weighted by molar-refractivity contribution is 7.84. The molecule has 0 atom stereocenters. The lowest BCUT2D eigenvalue weighted by Crippen LogP contribution is -2.13. The first-order chi connectivity index (χ1) is 4.11. The van der Waals surface area contributed by atoms with Gasteiger partial charge in [0, 0.05) is 0 Å². The molecule has 0 aliphatic rings. The highest BCUT2D eigenvalue weighted by Gasteiger charge is 2.06. The maximum Gasteiger partial charge on any atom is 0.395 e. The van der Waals surface area contributed by atoms with Gasteiger partial charge in [0.05, 0.1) is 12.4 Å². The van der Waals surface area contributed by atoms with Gasteiger partial charge in [0.15, 0.2) is 0 Å². The third-order valence-corrected chi connectivity index (χ3v) is 1.21. The van der Waals surface area contributed by atoms with Crippen molar-refractivity contribution in [2.45, 2.75) is 0 Å². The van der Waals surface area contributed by atoms with E-state index in [4.69, 9.17) is 4.55 Å². The fraction of sp³-hybridized carbons (Fsp3) is 0. The standard InChI is InChI=1S/C2H3N3O3S/c6-9(7,8)5-3-1-2-4-5/h1-2H,(H,6,7,8). The van der Waals surface area contributed by atoms with Gasteiger partial charge in [-0.2, -0.15) is 8.42 Å². The molecule has 0 aliphatic heterocycles. The summed E-state index contributed by atoms with van der Waals surface area (Å²) in [5.41, 5.74) is 0. The molecule has 0 saturated carbocycles. The second-order valence-electron chi connectivity index (χ2n) is 1.23. The van der Waals surface area contributed by atoms with Gasteiger partial charge in [-0.15, -0.1) is 10.2 Å². The molecule has 0 bridgehead atoms. The number of hydrogen-bond donors (Lipinski definition) is 1. The zero-order valence-corrected chi connectivity index (χ0v) is 4.98. The molecule has 0 saturated heterocycles. The molecule has 9 heavy (non-hydrogen) atoms. The summed E-state index contributed by atoms with van der Waals surface area (Å²) in [5, 5.41) is 6.31. The smallest absolute Gasteiger partial charge is 0.267 e. The van der Waals surface area contributed by atoms with Crippen molar-refractivity contribution in [1.82, 2.24) is 14.4 Å². The first kappa shape index (κ1) is 6.17. The van der Waals surface area contributed by atoms with E-state index < -0.39 is 10.3 Å². The van der Waals surface area contributed by atoms with Crippen LogP contribution in [0.4, 0.5) is 0 Å². The van der Waals surface area contributed by atoms with Crippen LogP contribution in [-0.4, -0.2) is 27.4 Å². The Kier molecular flexibility index (Phi) is 1.22. The van der Waals surface area contributed by atoms with E-state index in [0.717, 1.165) is 12.4 Å². The fourth-order valence-corrected chi connectivity index (χ4v) is 0.670. The summed E-state index contributed by atoms with van der Waals surface area (Å²) in [6.07, 6.45) is 2.29. The molecule has 0 unspecified atom stereocenters.